The van der Waals surface area contributed by atoms with Gasteiger partial charge in [-0.2, -0.15) is 0 Å². The van der Waals surface area contributed by atoms with Gasteiger partial charge in [-0.15, -0.1) is 0 Å². The largest absolute Gasteiger partial charge is 0.0820 e. The fraction of sp³-hybridized carbons (Fsp3) is 1.00. The molecule has 98 valence electrons. The van der Waals surface area contributed by atoms with Crippen molar-refractivity contribution in [2.45, 2.75) is 57.8 Å². The molecular weight excluding hydrogens is 319 g/mol. The van der Waals surface area contributed by atoms with E-state index in [2.05, 4.69) is 57.2 Å². The second kappa shape index (κ2) is 3.64. The van der Waals surface area contributed by atoms with Crippen molar-refractivity contribution in [1.29, 1.82) is 0 Å². The van der Waals surface area contributed by atoms with Gasteiger partial charge in [0.25, 0.3) is 0 Å². The molecule has 0 N–H and O–H groups in total. The van der Waals surface area contributed by atoms with Crippen LogP contribution in [0.15, 0.2) is 0 Å². The molecule has 0 spiro atoms. The average Bonchev–Trinajstić information content (AvgIpc) is 2.18. The van der Waals surface area contributed by atoms with Crippen molar-refractivity contribution >= 4 is 22.6 Å². The summed E-state index contributed by atoms with van der Waals surface area (Å²) in [6, 6.07) is 0. The summed E-state index contributed by atoms with van der Waals surface area (Å²) in [5, 5.41) is 0. The van der Waals surface area contributed by atoms with Crippen molar-refractivity contribution in [3.63, 3.8) is 0 Å². The maximum Gasteiger partial charge on any atom is 0.0174 e. The lowest BCUT2D eigenvalue weighted by atomic mass is 9.40. The van der Waals surface area contributed by atoms with Crippen LogP contribution < -0.4 is 0 Å². The number of hydrogen-bond donors (Lipinski definition) is 0. The highest BCUT2D eigenvalue weighted by atomic mass is 127. The van der Waals surface area contributed by atoms with Crippen LogP contribution >= 0.6 is 22.6 Å². The van der Waals surface area contributed by atoms with E-state index in [0.29, 0.717) is 10.8 Å². The van der Waals surface area contributed by atoms with E-state index < -0.39 is 0 Å². The molecule has 4 rings (SSSR count). The smallest absolute Gasteiger partial charge is 0.0174 e. The summed E-state index contributed by atoms with van der Waals surface area (Å²) in [5.74, 6) is 5.06. The van der Waals surface area contributed by atoms with E-state index in [1.165, 1.54) is 12.8 Å². The van der Waals surface area contributed by atoms with E-state index in [0.717, 1.165) is 33.5 Å². The SMILES string of the molecule is CC(C)(C)[C@@H]1[C@@H]2CC3C[C@H]1C(C)(C)[C@@H](C3)C2I. The van der Waals surface area contributed by atoms with E-state index in [1.807, 2.05) is 0 Å². The summed E-state index contributed by atoms with van der Waals surface area (Å²) in [7, 11) is 0. The molecular formula is C16H27I. The second-order valence-electron chi connectivity index (χ2n) is 8.61. The monoisotopic (exact) mass is 346 g/mol. The lowest BCUT2D eigenvalue weighted by molar-refractivity contribution is -0.152. The molecule has 4 bridgehead atoms. The Morgan fingerprint density at radius 1 is 1.00 bits per heavy atom. The molecule has 0 aromatic carbocycles. The van der Waals surface area contributed by atoms with E-state index in [9.17, 15) is 0 Å². The fourth-order valence-electron chi connectivity index (χ4n) is 5.74. The maximum atomic E-state index is 2.81. The molecule has 1 heteroatoms. The number of halogens is 1. The third-order valence-corrected chi connectivity index (χ3v) is 8.17. The minimum Gasteiger partial charge on any atom is -0.0820 e. The van der Waals surface area contributed by atoms with Crippen molar-refractivity contribution in [2.75, 3.05) is 0 Å². The summed E-state index contributed by atoms with van der Waals surface area (Å²) in [5.41, 5.74) is 1.10. The van der Waals surface area contributed by atoms with Crippen LogP contribution in [0, 0.1) is 40.4 Å². The summed E-state index contributed by atoms with van der Waals surface area (Å²) < 4.78 is 0.944. The third-order valence-electron chi connectivity index (χ3n) is 6.38. The quantitative estimate of drug-likeness (QED) is 0.420. The summed E-state index contributed by atoms with van der Waals surface area (Å²) in [4.78, 5) is 0. The Morgan fingerprint density at radius 2 is 1.59 bits per heavy atom. The maximum absolute atomic E-state index is 2.81. The van der Waals surface area contributed by atoms with Crippen LogP contribution in [0.3, 0.4) is 0 Å². The molecule has 4 saturated carbocycles. The van der Waals surface area contributed by atoms with Crippen molar-refractivity contribution in [2.24, 2.45) is 40.4 Å². The highest BCUT2D eigenvalue weighted by Crippen LogP contribution is 2.68. The highest BCUT2D eigenvalue weighted by molar-refractivity contribution is 14.1. The summed E-state index contributed by atoms with van der Waals surface area (Å²) in [6.45, 7) is 12.6. The van der Waals surface area contributed by atoms with Gasteiger partial charge in [0.2, 0.25) is 0 Å². The van der Waals surface area contributed by atoms with Gasteiger partial charge < -0.3 is 0 Å². The molecule has 4 aliphatic carbocycles. The number of alkyl halides is 1. The van der Waals surface area contributed by atoms with Gasteiger partial charge in [-0.3, -0.25) is 0 Å². The highest BCUT2D eigenvalue weighted by Gasteiger charge is 2.62. The first-order valence-electron chi connectivity index (χ1n) is 7.37. The van der Waals surface area contributed by atoms with Crippen molar-refractivity contribution < 1.29 is 0 Å². The van der Waals surface area contributed by atoms with Crippen LogP contribution in [-0.4, -0.2) is 3.92 Å². The van der Waals surface area contributed by atoms with Gasteiger partial charge in [0, 0.05) is 3.92 Å². The minimum absolute atomic E-state index is 0.503. The third kappa shape index (κ3) is 1.66. The van der Waals surface area contributed by atoms with Crippen LogP contribution in [0.25, 0.3) is 0 Å². The molecule has 0 aromatic heterocycles. The lowest BCUT2D eigenvalue weighted by Gasteiger charge is -2.67. The molecule has 0 saturated heterocycles. The van der Waals surface area contributed by atoms with Gasteiger partial charge in [-0.1, -0.05) is 57.2 Å². The molecule has 6 atom stereocenters. The van der Waals surface area contributed by atoms with Crippen molar-refractivity contribution in [3.05, 3.63) is 0 Å². The molecule has 2 unspecified atom stereocenters. The predicted molar refractivity (Wildman–Crippen MR) is 82.3 cm³/mol. The molecule has 0 radical (unpaired) electrons. The molecule has 0 amide bonds. The van der Waals surface area contributed by atoms with Crippen LogP contribution in [0.2, 0.25) is 0 Å². The zero-order valence-electron chi connectivity index (χ0n) is 12.0. The number of hydrogen-bond acceptors (Lipinski definition) is 0. The zero-order chi connectivity index (χ0) is 12.6. The molecule has 4 fully saturated rings. The Kier molecular flexibility index (Phi) is 2.73. The summed E-state index contributed by atoms with van der Waals surface area (Å²) in [6.07, 6.45) is 4.61. The zero-order valence-corrected chi connectivity index (χ0v) is 14.1. The van der Waals surface area contributed by atoms with Crippen LogP contribution in [0.4, 0.5) is 0 Å². The van der Waals surface area contributed by atoms with Gasteiger partial charge in [-0.25, -0.2) is 0 Å². The van der Waals surface area contributed by atoms with Gasteiger partial charge in [0.15, 0.2) is 0 Å². The van der Waals surface area contributed by atoms with Gasteiger partial charge in [0.1, 0.15) is 0 Å². The first-order chi connectivity index (χ1) is 7.73. The summed E-state index contributed by atoms with van der Waals surface area (Å²) >= 11 is 2.81. The average molecular weight is 346 g/mol. The first kappa shape index (κ1) is 12.7. The molecule has 0 heterocycles. The molecule has 4 aliphatic rings. The molecule has 0 aliphatic heterocycles. The van der Waals surface area contributed by atoms with Crippen molar-refractivity contribution in [3.8, 4) is 0 Å². The van der Waals surface area contributed by atoms with Crippen molar-refractivity contribution in [1.82, 2.24) is 0 Å². The Labute approximate surface area is 120 Å². The Balaban J connectivity index is 2.03. The second-order valence-corrected chi connectivity index (χ2v) is 10.0. The number of rotatable bonds is 0. The fourth-order valence-corrected chi connectivity index (χ4v) is 7.70. The van der Waals surface area contributed by atoms with Crippen LogP contribution in [0.1, 0.15) is 53.9 Å². The first-order valence-corrected chi connectivity index (χ1v) is 8.61. The van der Waals surface area contributed by atoms with Gasteiger partial charge in [0.05, 0.1) is 0 Å². The van der Waals surface area contributed by atoms with Gasteiger partial charge >= 0.3 is 0 Å². The molecule has 0 nitrogen and oxygen atoms in total. The normalized spacial score (nSPS) is 51.9. The lowest BCUT2D eigenvalue weighted by Crippen LogP contribution is -2.62. The topological polar surface area (TPSA) is 0 Å². The minimum atomic E-state index is 0.503. The van der Waals surface area contributed by atoms with E-state index >= 15 is 0 Å². The Hall–Kier alpha value is 0.730. The molecule has 0 aromatic rings. The van der Waals surface area contributed by atoms with Crippen LogP contribution in [0.5, 0.6) is 0 Å². The Bertz CT molecular complexity index is 325. The van der Waals surface area contributed by atoms with Crippen LogP contribution in [-0.2, 0) is 0 Å². The predicted octanol–water partition coefficient (Wildman–Crippen LogP) is 5.15. The molecule has 17 heavy (non-hydrogen) atoms. The standard InChI is InChI=1S/C16H27I/c1-15(2,3)13-10-6-9-7-11(13)16(4,5)12(8-9)14(10)17/h9-14H,6-8H2,1-5H3/t9?,10-,11+,12-,13+,14?/m0/s1. The Morgan fingerprint density at radius 3 is 2.18 bits per heavy atom. The van der Waals surface area contributed by atoms with E-state index in [-0.39, 0.29) is 0 Å². The van der Waals surface area contributed by atoms with E-state index in [1.54, 1.807) is 6.42 Å². The van der Waals surface area contributed by atoms with E-state index in [4.69, 9.17) is 0 Å². The van der Waals surface area contributed by atoms with Gasteiger partial charge in [-0.05, 0) is 59.7 Å².